The van der Waals surface area contributed by atoms with E-state index in [0.29, 0.717) is 5.92 Å². The number of aromatic carboxylic acids is 1. The highest BCUT2D eigenvalue weighted by molar-refractivity contribution is 6.34. The van der Waals surface area contributed by atoms with Crippen LogP contribution in [0.1, 0.15) is 43.0 Å². The van der Waals surface area contributed by atoms with E-state index in [-0.39, 0.29) is 22.3 Å². The Bertz CT molecular complexity index is 542. The van der Waals surface area contributed by atoms with Crippen LogP contribution in [0.25, 0.3) is 0 Å². The predicted octanol–water partition coefficient (Wildman–Crippen LogP) is 3.74. The van der Waals surface area contributed by atoms with Crippen molar-refractivity contribution in [2.45, 2.75) is 38.6 Å². The molecule has 6 heteroatoms. The third kappa shape index (κ3) is 3.88. The van der Waals surface area contributed by atoms with E-state index in [0.717, 1.165) is 12.8 Å². The van der Waals surface area contributed by atoms with Crippen LogP contribution in [0.3, 0.4) is 0 Å². The number of anilines is 1. The Kier molecular flexibility index (Phi) is 5.07. The van der Waals surface area contributed by atoms with E-state index in [9.17, 15) is 9.59 Å². The Balaban J connectivity index is 2.02. The van der Waals surface area contributed by atoms with E-state index in [4.69, 9.17) is 16.7 Å². The van der Waals surface area contributed by atoms with E-state index in [1.54, 1.807) is 6.07 Å². The lowest BCUT2D eigenvalue weighted by atomic mass is 10.0. The molecule has 114 valence electrons. The van der Waals surface area contributed by atoms with Crippen molar-refractivity contribution in [1.29, 1.82) is 0 Å². The normalized spacial score (nSPS) is 16.5. The molecule has 1 unspecified atom stereocenters. The molecule has 1 atom stereocenters. The molecule has 5 nitrogen and oxygen atoms in total. The lowest BCUT2D eigenvalue weighted by Crippen LogP contribution is -2.40. The molecular formula is C15H19ClN2O3. The van der Waals surface area contributed by atoms with Gasteiger partial charge in [0.1, 0.15) is 5.56 Å². The molecule has 1 aliphatic carbocycles. The van der Waals surface area contributed by atoms with E-state index < -0.39 is 12.0 Å². The van der Waals surface area contributed by atoms with Crippen LogP contribution in [0.5, 0.6) is 0 Å². The average molecular weight is 311 g/mol. The molecule has 1 aromatic carbocycles. The Hall–Kier alpha value is -1.75. The summed E-state index contributed by atoms with van der Waals surface area (Å²) in [5, 5.41) is 14.7. The number of carboxylic acids is 1. The van der Waals surface area contributed by atoms with Crippen LogP contribution in [-0.2, 0) is 0 Å². The van der Waals surface area contributed by atoms with Crippen LogP contribution in [0.2, 0.25) is 5.02 Å². The smallest absolute Gasteiger partial charge is 0.339 e. The molecule has 0 bridgehead atoms. The Morgan fingerprint density at radius 2 is 2.00 bits per heavy atom. The number of halogens is 1. The zero-order valence-electron chi connectivity index (χ0n) is 11.9. The highest BCUT2D eigenvalue weighted by Crippen LogP contribution is 2.28. The predicted molar refractivity (Wildman–Crippen MR) is 82.0 cm³/mol. The fraction of sp³-hybridized carbons (Fsp3) is 0.467. The van der Waals surface area contributed by atoms with Crippen LogP contribution in [-0.4, -0.2) is 23.1 Å². The zero-order valence-corrected chi connectivity index (χ0v) is 12.6. The van der Waals surface area contributed by atoms with Crippen molar-refractivity contribution < 1.29 is 14.7 Å². The highest BCUT2D eigenvalue weighted by atomic mass is 35.5. The topological polar surface area (TPSA) is 78.4 Å². The summed E-state index contributed by atoms with van der Waals surface area (Å²) >= 11 is 5.86. The first kappa shape index (κ1) is 15.6. The third-order valence-corrected chi connectivity index (χ3v) is 4.26. The van der Waals surface area contributed by atoms with Gasteiger partial charge >= 0.3 is 12.0 Å². The largest absolute Gasteiger partial charge is 0.478 e. The van der Waals surface area contributed by atoms with Crippen LogP contribution in [0, 0.1) is 5.92 Å². The number of hydrogen-bond acceptors (Lipinski definition) is 2. The summed E-state index contributed by atoms with van der Waals surface area (Å²) < 4.78 is 0. The lowest BCUT2D eigenvalue weighted by Gasteiger charge is -2.21. The van der Waals surface area contributed by atoms with Crippen molar-refractivity contribution in [2.75, 3.05) is 5.32 Å². The molecule has 1 aliphatic rings. The second-order valence-electron chi connectivity index (χ2n) is 5.40. The summed E-state index contributed by atoms with van der Waals surface area (Å²) in [5.74, 6) is -0.672. The quantitative estimate of drug-likeness (QED) is 0.792. The van der Waals surface area contributed by atoms with Gasteiger partial charge in [-0.2, -0.15) is 0 Å². The molecule has 1 fully saturated rings. The number of benzene rings is 1. The fourth-order valence-corrected chi connectivity index (χ4v) is 3.04. The number of nitrogens with one attached hydrogen (secondary N) is 2. The second kappa shape index (κ2) is 6.80. The average Bonchev–Trinajstić information content (AvgIpc) is 2.91. The Morgan fingerprint density at radius 1 is 1.33 bits per heavy atom. The van der Waals surface area contributed by atoms with Crippen molar-refractivity contribution in [2.24, 2.45) is 5.92 Å². The first-order chi connectivity index (χ1) is 9.99. The standard InChI is InChI=1S/C15H19ClN2O3/c1-9(10-5-2-3-6-10)17-15(21)18-12-8-4-7-11(16)13(12)14(19)20/h4,7-10H,2-3,5-6H2,1H3,(H,19,20)(H2,17,18,21). The van der Waals surface area contributed by atoms with E-state index >= 15 is 0 Å². The van der Waals surface area contributed by atoms with Crippen LogP contribution in [0.15, 0.2) is 18.2 Å². The molecule has 0 aliphatic heterocycles. The number of rotatable bonds is 4. The maximum atomic E-state index is 12.0. The molecule has 0 aromatic heterocycles. The maximum absolute atomic E-state index is 12.0. The van der Waals surface area contributed by atoms with Gasteiger partial charge in [0.25, 0.3) is 0 Å². The minimum atomic E-state index is -1.17. The zero-order chi connectivity index (χ0) is 15.4. The molecule has 2 amide bonds. The lowest BCUT2D eigenvalue weighted by molar-refractivity contribution is 0.0698. The minimum Gasteiger partial charge on any atom is -0.478 e. The fourth-order valence-electron chi connectivity index (χ4n) is 2.79. The maximum Gasteiger partial charge on any atom is 0.339 e. The first-order valence-electron chi connectivity index (χ1n) is 7.08. The van der Waals surface area contributed by atoms with Crippen molar-refractivity contribution in [1.82, 2.24) is 5.32 Å². The van der Waals surface area contributed by atoms with Gasteiger partial charge in [0, 0.05) is 6.04 Å². The number of amides is 2. The molecular weight excluding hydrogens is 292 g/mol. The minimum absolute atomic E-state index is 0.0694. The van der Waals surface area contributed by atoms with Gasteiger partial charge in [-0.3, -0.25) is 0 Å². The number of carboxylic acid groups (broad SMARTS) is 1. The van der Waals surface area contributed by atoms with Crippen molar-refractivity contribution in [3.8, 4) is 0 Å². The van der Waals surface area contributed by atoms with Crippen molar-refractivity contribution >= 4 is 29.3 Å². The molecule has 0 spiro atoms. The van der Waals surface area contributed by atoms with Gasteiger partial charge in [-0.25, -0.2) is 9.59 Å². The number of carbonyl (C=O) groups is 2. The van der Waals surface area contributed by atoms with E-state index in [1.807, 2.05) is 6.92 Å². The third-order valence-electron chi connectivity index (χ3n) is 3.94. The highest BCUT2D eigenvalue weighted by Gasteiger charge is 2.23. The molecule has 3 N–H and O–H groups in total. The summed E-state index contributed by atoms with van der Waals surface area (Å²) in [4.78, 5) is 23.2. The summed E-state index contributed by atoms with van der Waals surface area (Å²) in [7, 11) is 0. The van der Waals surface area contributed by atoms with Gasteiger partial charge in [-0.1, -0.05) is 30.5 Å². The molecule has 21 heavy (non-hydrogen) atoms. The van der Waals surface area contributed by atoms with Crippen LogP contribution >= 0.6 is 11.6 Å². The summed E-state index contributed by atoms with van der Waals surface area (Å²) in [6, 6.07) is 4.27. The molecule has 0 saturated heterocycles. The molecule has 0 heterocycles. The van der Waals surface area contributed by atoms with Gasteiger partial charge in [0.2, 0.25) is 0 Å². The monoisotopic (exact) mass is 310 g/mol. The SMILES string of the molecule is CC(NC(=O)Nc1cccc(Cl)c1C(=O)O)C1CCCC1. The molecule has 2 rings (SSSR count). The van der Waals surface area contributed by atoms with Crippen molar-refractivity contribution in [3.63, 3.8) is 0 Å². The molecule has 0 radical (unpaired) electrons. The summed E-state index contributed by atoms with van der Waals surface area (Å²) in [6.07, 6.45) is 4.66. The number of carbonyl (C=O) groups excluding carboxylic acids is 1. The van der Waals surface area contributed by atoms with Crippen LogP contribution in [0.4, 0.5) is 10.5 Å². The molecule has 1 aromatic rings. The van der Waals surface area contributed by atoms with E-state index in [1.165, 1.54) is 25.0 Å². The Labute approximate surface area is 128 Å². The van der Waals surface area contributed by atoms with E-state index in [2.05, 4.69) is 10.6 Å². The molecule has 1 saturated carbocycles. The Morgan fingerprint density at radius 3 is 2.62 bits per heavy atom. The number of urea groups is 1. The number of hydrogen-bond donors (Lipinski definition) is 3. The van der Waals surface area contributed by atoms with Gasteiger partial charge in [0.05, 0.1) is 10.7 Å². The second-order valence-corrected chi connectivity index (χ2v) is 5.81. The van der Waals surface area contributed by atoms with Gasteiger partial charge in [-0.05, 0) is 37.8 Å². The first-order valence-corrected chi connectivity index (χ1v) is 7.46. The van der Waals surface area contributed by atoms with Crippen molar-refractivity contribution in [3.05, 3.63) is 28.8 Å². The van der Waals surface area contributed by atoms with Crippen LogP contribution < -0.4 is 10.6 Å². The summed E-state index contributed by atoms with van der Waals surface area (Å²) in [6.45, 7) is 1.98. The van der Waals surface area contributed by atoms with Gasteiger partial charge < -0.3 is 15.7 Å². The summed E-state index contributed by atoms with van der Waals surface area (Å²) in [5.41, 5.74) is 0.106. The van der Waals surface area contributed by atoms with Gasteiger partial charge in [0.15, 0.2) is 0 Å². The van der Waals surface area contributed by atoms with Gasteiger partial charge in [-0.15, -0.1) is 0 Å².